The molecule has 0 aliphatic heterocycles. The Morgan fingerprint density at radius 3 is 1.97 bits per heavy atom. The Bertz CT molecular complexity index is 1820. The molecule has 0 amide bonds. The Labute approximate surface area is 226 Å². The minimum Gasteiger partial charge on any atom is -0.495 e. The lowest BCUT2D eigenvalue weighted by molar-refractivity contribution is 0.416. The zero-order chi connectivity index (χ0) is 26.8. The molecule has 0 aliphatic rings. The highest BCUT2D eigenvalue weighted by atomic mass is 16.5. The van der Waals surface area contributed by atoms with E-state index in [0.717, 1.165) is 50.1 Å². The molecule has 192 valence electrons. The molecule has 0 atom stereocenters. The van der Waals surface area contributed by atoms with Crippen LogP contribution in [0, 0.1) is 6.92 Å². The van der Waals surface area contributed by atoms with E-state index in [1.54, 1.807) is 14.2 Å². The average Bonchev–Trinajstić information content (AvgIpc) is 2.98. The molecule has 0 saturated carbocycles. The van der Waals surface area contributed by atoms with E-state index < -0.39 is 0 Å². The summed E-state index contributed by atoms with van der Waals surface area (Å²) >= 11 is 0. The first-order chi connectivity index (χ1) is 19.1. The Balaban J connectivity index is 1.57. The van der Waals surface area contributed by atoms with Gasteiger partial charge >= 0.3 is 0 Å². The van der Waals surface area contributed by atoms with E-state index in [1.807, 2.05) is 78.9 Å². The van der Waals surface area contributed by atoms with Crippen LogP contribution in [0.4, 0.5) is 23.0 Å². The number of aromatic nitrogens is 3. The number of rotatable bonds is 7. The minimum absolute atomic E-state index is 0.541. The summed E-state index contributed by atoms with van der Waals surface area (Å²) in [6.45, 7) is 2.06. The van der Waals surface area contributed by atoms with Crippen LogP contribution in [0.25, 0.3) is 33.2 Å². The summed E-state index contributed by atoms with van der Waals surface area (Å²) in [5.74, 6) is 3.29. The molecule has 0 fully saturated rings. The van der Waals surface area contributed by atoms with Crippen LogP contribution in [-0.2, 0) is 0 Å². The second kappa shape index (κ2) is 10.3. The van der Waals surface area contributed by atoms with E-state index in [9.17, 15) is 0 Å². The maximum Gasteiger partial charge on any atom is 0.165 e. The molecule has 4 aromatic carbocycles. The van der Waals surface area contributed by atoms with Crippen LogP contribution in [-0.4, -0.2) is 29.2 Å². The molecular weight excluding hydrogens is 486 g/mol. The number of benzene rings is 4. The number of methoxy groups -OCH3 is 2. The van der Waals surface area contributed by atoms with Crippen LogP contribution >= 0.6 is 0 Å². The summed E-state index contributed by atoms with van der Waals surface area (Å²) in [5.41, 5.74) is 5.19. The highest BCUT2D eigenvalue weighted by Gasteiger charge is 2.18. The number of fused-ring (bicyclic) bond motifs is 2. The van der Waals surface area contributed by atoms with Crippen LogP contribution in [0.1, 0.15) is 5.56 Å². The van der Waals surface area contributed by atoms with Crippen molar-refractivity contribution in [1.29, 1.82) is 0 Å². The fraction of sp³-hybridized carbons (Fsp3) is 0.0938. The molecule has 6 rings (SSSR count). The Morgan fingerprint density at radius 1 is 0.615 bits per heavy atom. The van der Waals surface area contributed by atoms with Crippen molar-refractivity contribution in [3.63, 3.8) is 0 Å². The molecule has 7 nitrogen and oxygen atoms in total. The van der Waals surface area contributed by atoms with Crippen LogP contribution in [0.15, 0.2) is 97.1 Å². The van der Waals surface area contributed by atoms with Crippen molar-refractivity contribution >= 4 is 44.8 Å². The maximum absolute atomic E-state index is 5.60. The molecule has 0 saturated heterocycles. The second-order valence-electron chi connectivity index (χ2n) is 9.09. The minimum atomic E-state index is 0.541. The average molecular weight is 514 g/mol. The van der Waals surface area contributed by atoms with Gasteiger partial charge in [0.25, 0.3) is 0 Å². The summed E-state index contributed by atoms with van der Waals surface area (Å²) in [5, 5.41) is 8.87. The lowest BCUT2D eigenvalue weighted by atomic mass is 10.1. The van der Waals surface area contributed by atoms with Crippen molar-refractivity contribution in [3.05, 3.63) is 103 Å². The van der Waals surface area contributed by atoms with Crippen molar-refractivity contribution in [2.75, 3.05) is 24.9 Å². The number of hydrogen-bond donors (Lipinski definition) is 2. The molecule has 0 unspecified atom stereocenters. The third kappa shape index (κ3) is 4.66. The fourth-order valence-electron chi connectivity index (χ4n) is 4.66. The topological polar surface area (TPSA) is 81.2 Å². The van der Waals surface area contributed by atoms with Gasteiger partial charge in [-0.25, -0.2) is 15.0 Å². The maximum atomic E-state index is 5.60. The molecule has 0 bridgehead atoms. The number of para-hydroxylation sites is 6. The molecule has 2 heterocycles. The van der Waals surface area contributed by atoms with E-state index in [0.29, 0.717) is 23.2 Å². The van der Waals surface area contributed by atoms with Crippen LogP contribution < -0.4 is 20.1 Å². The van der Waals surface area contributed by atoms with E-state index >= 15 is 0 Å². The van der Waals surface area contributed by atoms with Crippen molar-refractivity contribution in [2.24, 2.45) is 0 Å². The van der Waals surface area contributed by atoms with Gasteiger partial charge in [-0.1, -0.05) is 54.6 Å². The smallest absolute Gasteiger partial charge is 0.165 e. The molecule has 0 radical (unpaired) electrons. The van der Waals surface area contributed by atoms with Gasteiger partial charge in [-0.15, -0.1) is 0 Å². The number of anilines is 4. The van der Waals surface area contributed by atoms with Gasteiger partial charge in [0, 0.05) is 10.8 Å². The third-order valence-corrected chi connectivity index (χ3v) is 6.61. The van der Waals surface area contributed by atoms with Gasteiger partial charge in [0.15, 0.2) is 5.82 Å². The van der Waals surface area contributed by atoms with Gasteiger partial charge in [-0.3, -0.25) is 0 Å². The zero-order valence-electron chi connectivity index (χ0n) is 21.9. The second-order valence-corrected chi connectivity index (χ2v) is 9.09. The van der Waals surface area contributed by atoms with Crippen molar-refractivity contribution < 1.29 is 9.47 Å². The summed E-state index contributed by atoms with van der Waals surface area (Å²) < 4.78 is 11.2. The Hall–Kier alpha value is -5.17. The lowest BCUT2D eigenvalue weighted by Crippen LogP contribution is -2.04. The summed E-state index contributed by atoms with van der Waals surface area (Å²) in [4.78, 5) is 15.1. The van der Waals surface area contributed by atoms with Gasteiger partial charge in [-0.05, 0) is 55.0 Å². The molecule has 2 aromatic heterocycles. The predicted molar refractivity (Wildman–Crippen MR) is 158 cm³/mol. The highest BCUT2D eigenvalue weighted by molar-refractivity contribution is 5.95. The quantitative estimate of drug-likeness (QED) is 0.227. The SMILES string of the molecule is COc1ccccc1Nc1nc2c(C)cccc2cc1-c1nc(Nc2ccccc2OC)c2ccccc2n1. The third-order valence-electron chi connectivity index (χ3n) is 6.61. The first-order valence-corrected chi connectivity index (χ1v) is 12.6. The van der Waals surface area contributed by atoms with Crippen LogP contribution in [0.5, 0.6) is 11.5 Å². The highest BCUT2D eigenvalue weighted by Crippen LogP contribution is 2.36. The largest absolute Gasteiger partial charge is 0.495 e. The van der Waals surface area contributed by atoms with Crippen LogP contribution in [0.3, 0.4) is 0 Å². The molecule has 2 N–H and O–H groups in total. The molecule has 0 aliphatic carbocycles. The number of nitrogens with one attached hydrogen (secondary N) is 2. The van der Waals surface area contributed by atoms with Gasteiger partial charge in [0.2, 0.25) is 0 Å². The first-order valence-electron chi connectivity index (χ1n) is 12.6. The number of pyridine rings is 1. The monoisotopic (exact) mass is 513 g/mol. The lowest BCUT2D eigenvalue weighted by Gasteiger charge is -2.17. The number of aryl methyl sites for hydroxylation is 1. The van der Waals surface area contributed by atoms with E-state index in [-0.39, 0.29) is 0 Å². The predicted octanol–water partition coefficient (Wildman–Crippen LogP) is 7.66. The zero-order valence-corrected chi connectivity index (χ0v) is 21.9. The van der Waals surface area contributed by atoms with E-state index in [4.69, 9.17) is 24.4 Å². The number of ether oxygens (including phenoxy) is 2. The molecule has 6 aromatic rings. The number of hydrogen-bond acceptors (Lipinski definition) is 7. The summed E-state index contributed by atoms with van der Waals surface area (Å²) in [7, 11) is 3.31. The van der Waals surface area contributed by atoms with Crippen LogP contribution in [0.2, 0.25) is 0 Å². The molecule has 7 heteroatoms. The van der Waals surface area contributed by atoms with Crippen molar-refractivity contribution in [2.45, 2.75) is 6.92 Å². The normalized spacial score (nSPS) is 10.9. The Morgan fingerprint density at radius 2 is 1.26 bits per heavy atom. The fourth-order valence-corrected chi connectivity index (χ4v) is 4.66. The van der Waals surface area contributed by atoms with Gasteiger partial charge < -0.3 is 20.1 Å². The summed E-state index contributed by atoms with van der Waals surface area (Å²) in [6.07, 6.45) is 0. The van der Waals surface area contributed by atoms with E-state index in [2.05, 4.69) is 35.8 Å². The van der Waals surface area contributed by atoms with Crippen molar-refractivity contribution in [3.8, 4) is 22.9 Å². The van der Waals surface area contributed by atoms with Gasteiger partial charge in [-0.2, -0.15) is 0 Å². The summed E-state index contributed by atoms with van der Waals surface area (Å²) in [6, 6.07) is 31.7. The number of nitrogens with zero attached hydrogens (tertiary/aromatic N) is 3. The van der Waals surface area contributed by atoms with E-state index in [1.165, 1.54) is 0 Å². The standard InChI is InChI=1S/C32H27N5O2/c1-20-11-10-12-21-19-23(31(36-29(20)21)35-26-16-7-9-18-28(26)39-3)32-33-24-14-5-4-13-22(24)30(37-32)34-25-15-6-8-17-27(25)38-2/h4-19H,1-3H3,(H,35,36)(H,33,34,37). The van der Waals surface area contributed by atoms with Gasteiger partial charge in [0.05, 0.1) is 42.2 Å². The molecule has 0 spiro atoms. The first kappa shape index (κ1) is 24.2. The van der Waals surface area contributed by atoms with Crippen molar-refractivity contribution in [1.82, 2.24) is 15.0 Å². The van der Waals surface area contributed by atoms with Gasteiger partial charge in [0.1, 0.15) is 23.1 Å². The Kier molecular flexibility index (Phi) is 6.39. The molecule has 39 heavy (non-hydrogen) atoms. The molecular formula is C32H27N5O2.